The first kappa shape index (κ1) is 11.9. The normalized spacial score (nSPS) is 23.4. The van der Waals surface area contributed by atoms with Gasteiger partial charge < -0.3 is 10.4 Å². The topological polar surface area (TPSA) is 74.6 Å². The van der Waals surface area contributed by atoms with Crippen molar-refractivity contribution in [2.24, 2.45) is 4.99 Å². The number of rotatable bonds is 2. The van der Waals surface area contributed by atoms with Crippen molar-refractivity contribution < 1.29 is 9.90 Å². The second-order valence-electron chi connectivity index (χ2n) is 3.24. The third-order valence-electron chi connectivity index (χ3n) is 2.11. The molecule has 0 amide bonds. The van der Waals surface area contributed by atoms with Crippen LogP contribution in [0.2, 0.25) is 0 Å². The summed E-state index contributed by atoms with van der Waals surface area (Å²) in [5, 5.41) is 11.7. The molecule has 7 heteroatoms. The number of aromatic nitrogens is 1. The molecule has 1 aliphatic heterocycles. The van der Waals surface area contributed by atoms with E-state index in [0.717, 1.165) is 0 Å². The van der Waals surface area contributed by atoms with Gasteiger partial charge in [-0.25, -0.2) is 9.79 Å². The number of aliphatic carboxylic acids is 1. The van der Waals surface area contributed by atoms with Gasteiger partial charge in [0.1, 0.15) is 5.69 Å². The molecule has 2 rings (SSSR count). The van der Waals surface area contributed by atoms with E-state index in [1.54, 1.807) is 24.4 Å². The van der Waals surface area contributed by atoms with E-state index in [0.29, 0.717) is 5.69 Å². The molecule has 5 nitrogen and oxygen atoms in total. The van der Waals surface area contributed by atoms with E-state index in [2.05, 4.69) is 15.3 Å². The molecule has 0 fully saturated rings. The molecule has 0 saturated carbocycles. The van der Waals surface area contributed by atoms with Gasteiger partial charge in [-0.2, -0.15) is 0 Å². The van der Waals surface area contributed by atoms with Crippen LogP contribution in [0.3, 0.4) is 0 Å². The molecule has 17 heavy (non-hydrogen) atoms. The Morgan fingerprint density at radius 3 is 2.82 bits per heavy atom. The van der Waals surface area contributed by atoms with Gasteiger partial charge in [-0.3, -0.25) is 4.98 Å². The first-order chi connectivity index (χ1) is 8.04. The number of carboxylic acid groups (broad SMARTS) is 1. The number of nitrogens with one attached hydrogen (secondary N) is 1. The lowest BCUT2D eigenvalue weighted by Gasteiger charge is -2.23. The van der Waals surface area contributed by atoms with Crippen LogP contribution in [-0.4, -0.2) is 26.9 Å². The highest BCUT2D eigenvalue weighted by molar-refractivity contribution is 6.46. The number of amidine groups is 1. The standard InChI is InChI=1S/C10H7Cl2N3O2/c11-7-5-14-8(6-3-1-2-4-13-6)15-10(7,12)9(16)17/h1-5H,(H,14,15)(H,16,17). The number of halogens is 2. The van der Waals surface area contributed by atoms with Gasteiger partial charge in [0.2, 0.25) is 0 Å². The summed E-state index contributed by atoms with van der Waals surface area (Å²) in [5.74, 6) is -1.08. The Labute approximate surface area is 107 Å². The largest absolute Gasteiger partial charge is 0.478 e. The average Bonchev–Trinajstić information content (AvgIpc) is 2.33. The van der Waals surface area contributed by atoms with E-state index < -0.39 is 11.0 Å². The van der Waals surface area contributed by atoms with Crippen molar-refractivity contribution in [3.63, 3.8) is 0 Å². The molecule has 0 radical (unpaired) electrons. The van der Waals surface area contributed by atoms with Crippen molar-refractivity contribution >= 4 is 35.0 Å². The molecule has 0 bridgehead atoms. The van der Waals surface area contributed by atoms with Gasteiger partial charge in [-0.15, -0.1) is 0 Å². The summed E-state index contributed by atoms with van der Waals surface area (Å²) in [7, 11) is 0. The van der Waals surface area contributed by atoms with Crippen LogP contribution in [0.25, 0.3) is 0 Å². The van der Waals surface area contributed by atoms with Crippen LogP contribution >= 0.6 is 23.2 Å². The van der Waals surface area contributed by atoms with E-state index in [4.69, 9.17) is 28.3 Å². The summed E-state index contributed by atoms with van der Waals surface area (Å²) in [6.45, 7) is 0. The maximum atomic E-state index is 11.1. The van der Waals surface area contributed by atoms with Crippen molar-refractivity contribution in [1.29, 1.82) is 0 Å². The van der Waals surface area contributed by atoms with E-state index in [-0.39, 0.29) is 10.9 Å². The summed E-state index contributed by atoms with van der Waals surface area (Å²) in [5.41, 5.74) is 0.485. The molecule has 2 N–H and O–H groups in total. The lowest BCUT2D eigenvalue weighted by molar-refractivity contribution is -0.138. The number of hydrogen-bond donors (Lipinski definition) is 2. The number of carbonyl (C=O) groups is 1. The number of alkyl halides is 1. The summed E-state index contributed by atoms with van der Waals surface area (Å²) in [6.07, 6.45) is 2.86. The first-order valence-corrected chi connectivity index (χ1v) is 5.36. The number of carboxylic acids is 1. The fraction of sp³-hybridized carbons (Fsp3) is 0.100. The molecule has 0 aromatic carbocycles. The van der Waals surface area contributed by atoms with Crippen LogP contribution < -0.4 is 5.32 Å². The lowest BCUT2D eigenvalue weighted by atomic mass is 10.2. The van der Waals surface area contributed by atoms with Crippen molar-refractivity contribution in [2.45, 2.75) is 5.00 Å². The van der Waals surface area contributed by atoms with Crippen LogP contribution in [0.1, 0.15) is 5.69 Å². The highest BCUT2D eigenvalue weighted by atomic mass is 35.5. The van der Waals surface area contributed by atoms with Crippen LogP contribution in [0.5, 0.6) is 0 Å². The molecule has 0 spiro atoms. The zero-order valence-electron chi connectivity index (χ0n) is 8.39. The minimum Gasteiger partial charge on any atom is -0.478 e. The molecular weight excluding hydrogens is 265 g/mol. The van der Waals surface area contributed by atoms with Crippen LogP contribution in [-0.2, 0) is 4.79 Å². The van der Waals surface area contributed by atoms with Gasteiger partial charge in [0.05, 0.1) is 5.03 Å². The molecule has 2 heterocycles. The highest BCUT2D eigenvalue weighted by Crippen LogP contribution is 2.32. The summed E-state index contributed by atoms with van der Waals surface area (Å²) in [4.78, 5) is 17.0. The van der Waals surface area contributed by atoms with E-state index in [1.807, 2.05) is 0 Å². The van der Waals surface area contributed by atoms with E-state index in [9.17, 15) is 4.79 Å². The lowest BCUT2D eigenvalue weighted by Crippen LogP contribution is -2.39. The molecule has 0 saturated heterocycles. The van der Waals surface area contributed by atoms with E-state index in [1.165, 1.54) is 6.20 Å². The number of hydrogen-bond acceptors (Lipinski definition) is 4. The van der Waals surface area contributed by atoms with Gasteiger partial charge >= 0.3 is 5.97 Å². The predicted molar refractivity (Wildman–Crippen MR) is 64.1 cm³/mol. The molecule has 1 aliphatic rings. The summed E-state index contributed by atoms with van der Waals surface area (Å²) in [6, 6.07) is 5.17. The minimum absolute atomic E-state index is 0.105. The van der Waals surface area contributed by atoms with Gasteiger partial charge in [-0.1, -0.05) is 29.3 Å². The smallest absolute Gasteiger partial charge is 0.353 e. The number of nitrogens with zero attached hydrogens (tertiary/aromatic N) is 2. The Morgan fingerprint density at radius 1 is 1.47 bits per heavy atom. The SMILES string of the molecule is O=C(O)C1(Cl)N=C(c2ccccn2)NC=C1Cl. The van der Waals surface area contributed by atoms with E-state index >= 15 is 0 Å². The van der Waals surface area contributed by atoms with Crippen molar-refractivity contribution in [2.75, 3.05) is 0 Å². The zero-order valence-corrected chi connectivity index (χ0v) is 9.90. The number of pyridine rings is 1. The van der Waals surface area contributed by atoms with Crippen LogP contribution in [0, 0.1) is 0 Å². The third kappa shape index (κ3) is 2.11. The van der Waals surface area contributed by atoms with Crippen molar-refractivity contribution in [3.8, 4) is 0 Å². The molecule has 1 unspecified atom stereocenters. The first-order valence-electron chi connectivity index (χ1n) is 4.60. The van der Waals surface area contributed by atoms with Crippen LogP contribution in [0.4, 0.5) is 0 Å². The molecular formula is C10H7Cl2N3O2. The summed E-state index contributed by atoms with van der Waals surface area (Å²) < 4.78 is 0. The maximum Gasteiger partial charge on any atom is 0.353 e. The highest BCUT2D eigenvalue weighted by Gasteiger charge is 2.42. The Kier molecular flexibility index (Phi) is 3.04. The van der Waals surface area contributed by atoms with Crippen molar-refractivity contribution in [1.82, 2.24) is 10.3 Å². The Bertz CT molecular complexity index is 516. The van der Waals surface area contributed by atoms with Gasteiger partial charge in [0.25, 0.3) is 5.00 Å². The molecule has 1 aromatic heterocycles. The average molecular weight is 272 g/mol. The molecule has 88 valence electrons. The van der Waals surface area contributed by atoms with Crippen molar-refractivity contribution in [3.05, 3.63) is 41.3 Å². The fourth-order valence-corrected chi connectivity index (χ4v) is 1.57. The summed E-state index contributed by atoms with van der Waals surface area (Å²) >= 11 is 11.6. The Morgan fingerprint density at radius 2 is 2.24 bits per heavy atom. The monoisotopic (exact) mass is 271 g/mol. The second-order valence-corrected chi connectivity index (χ2v) is 4.19. The fourth-order valence-electron chi connectivity index (χ4n) is 1.25. The Hall–Kier alpha value is -1.59. The Balaban J connectivity index is 2.43. The van der Waals surface area contributed by atoms with Gasteiger partial charge in [0, 0.05) is 12.4 Å². The van der Waals surface area contributed by atoms with Gasteiger partial charge in [-0.05, 0) is 12.1 Å². The maximum absolute atomic E-state index is 11.1. The third-order valence-corrected chi connectivity index (χ3v) is 3.04. The van der Waals surface area contributed by atoms with Crippen LogP contribution in [0.15, 0.2) is 40.6 Å². The quantitative estimate of drug-likeness (QED) is 0.632. The predicted octanol–water partition coefficient (Wildman–Crippen LogP) is 1.53. The van der Waals surface area contributed by atoms with Gasteiger partial charge in [0.15, 0.2) is 5.84 Å². The minimum atomic E-state index is -1.99. The second kappa shape index (κ2) is 4.35. The zero-order chi connectivity index (χ0) is 12.5. The number of aliphatic imine (C=N–C) groups is 1. The molecule has 1 aromatic rings. The molecule has 1 atom stereocenters. The molecule has 0 aliphatic carbocycles.